The molecule has 3 aromatic heterocycles. The third kappa shape index (κ3) is 4.27. The zero-order valence-corrected chi connectivity index (χ0v) is 18.6. The summed E-state index contributed by atoms with van der Waals surface area (Å²) in [5, 5.41) is 11.5. The lowest BCUT2D eigenvalue weighted by molar-refractivity contribution is -0.113. The number of hydrogen-bond acceptors (Lipinski definition) is 5. The number of nitrogens with one attached hydrogen (secondary N) is 2. The lowest BCUT2D eigenvalue weighted by atomic mass is 10.0. The van der Waals surface area contributed by atoms with Gasteiger partial charge in [-0.05, 0) is 35.4 Å². The van der Waals surface area contributed by atoms with E-state index < -0.39 is 0 Å². The highest BCUT2D eigenvalue weighted by molar-refractivity contribution is 7.20. The van der Waals surface area contributed by atoms with E-state index in [1.807, 2.05) is 0 Å². The smallest absolute Gasteiger partial charge is 0.240 e. The number of pyridine rings is 1. The van der Waals surface area contributed by atoms with Crippen molar-refractivity contribution >= 4 is 63.6 Å². The number of halogens is 3. The first kappa shape index (κ1) is 21.3. The first-order valence-electron chi connectivity index (χ1n) is 8.70. The van der Waals surface area contributed by atoms with Crippen molar-refractivity contribution in [2.45, 2.75) is 0 Å². The van der Waals surface area contributed by atoms with Gasteiger partial charge in [-0.3, -0.25) is 4.79 Å². The van der Waals surface area contributed by atoms with Gasteiger partial charge in [0.2, 0.25) is 11.6 Å². The van der Waals surface area contributed by atoms with E-state index in [9.17, 15) is 4.79 Å². The summed E-state index contributed by atoms with van der Waals surface area (Å²) >= 11 is 19.5. The molecule has 1 aromatic carbocycles. The largest absolute Gasteiger partial charge is 0.327 e. The predicted octanol–water partition coefficient (Wildman–Crippen LogP) is 6.30. The van der Waals surface area contributed by atoms with Gasteiger partial charge in [-0.1, -0.05) is 29.3 Å². The Bertz CT molecular complexity index is 1310. The van der Waals surface area contributed by atoms with Crippen molar-refractivity contribution in [3.05, 3.63) is 64.3 Å². The second-order valence-corrected chi connectivity index (χ2v) is 8.30. The van der Waals surface area contributed by atoms with Crippen molar-refractivity contribution < 1.29 is 4.79 Å². The highest BCUT2D eigenvalue weighted by atomic mass is 35.5. The summed E-state index contributed by atoms with van der Waals surface area (Å²) in [5.74, 6) is 0.276. The first-order valence-corrected chi connectivity index (χ1v) is 10.8. The molecule has 0 aliphatic carbocycles. The van der Waals surface area contributed by atoms with Crippen molar-refractivity contribution in [1.29, 1.82) is 0 Å². The zero-order valence-electron chi connectivity index (χ0n) is 15.5. The molecule has 0 unspecified atom stereocenters. The normalized spacial score (nSPS) is 10.6. The zero-order chi connectivity index (χ0) is 22.0. The van der Waals surface area contributed by atoms with Gasteiger partial charge in [0, 0.05) is 26.7 Å². The number of anilines is 1. The van der Waals surface area contributed by atoms with Crippen LogP contribution >= 0.6 is 46.1 Å². The van der Waals surface area contributed by atoms with Crippen molar-refractivity contribution in [3.63, 3.8) is 0 Å². The fraction of sp³-hybridized carbons (Fsp3) is 0.0500. The summed E-state index contributed by atoms with van der Waals surface area (Å²) in [6.07, 6.45) is 3.02. The summed E-state index contributed by atoms with van der Waals surface area (Å²) < 4.78 is 0. The first-order chi connectivity index (χ1) is 15.0. The van der Waals surface area contributed by atoms with Crippen molar-refractivity contribution in [2.75, 3.05) is 11.2 Å². The van der Waals surface area contributed by atoms with E-state index >= 15 is 0 Å². The third-order valence-electron chi connectivity index (χ3n) is 4.24. The summed E-state index contributed by atoms with van der Waals surface area (Å²) in [6.45, 7) is 7.89. The van der Waals surface area contributed by atoms with Crippen LogP contribution in [0.4, 0.5) is 11.5 Å². The van der Waals surface area contributed by atoms with E-state index in [1.165, 1.54) is 17.7 Å². The number of thiophene rings is 1. The van der Waals surface area contributed by atoms with Crippen LogP contribution in [0, 0.1) is 6.57 Å². The number of nitrogens with zero attached hydrogens (tertiary/aromatic N) is 4. The number of alkyl halides is 1. The predicted molar refractivity (Wildman–Crippen MR) is 124 cm³/mol. The molecule has 11 heteroatoms. The van der Waals surface area contributed by atoms with Gasteiger partial charge in [0.15, 0.2) is 5.82 Å². The van der Waals surface area contributed by atoms with Crippen LogP contribution in [0.2, 0.25) is 10.0 Å². The van der Waals surface area contributed by atoms with Crippen LogP contribution in [-0.2, 0) is 4.79 Å². The Morgan fingerprint density at radius 3 is 2.74 bits per heavy atom. The van der Waals surface area contributed by atoms with Gasteiger partial charge < -0.3 is 10.3 Å². The maximum absolute atomic E-state index is 11.6. The average Bonchev–Trinajstić information content (AvgIpc) is 3.41. The molecule has 154 valence electrons. The SMILES string of the molecule is [C-]#[N+]c1c(-c2ccnc(NC(=O)CCl)c2)sc(-c2nnc[nH]2)c1-c1ccc(Cl)cc1Cl. The summed E-state index contributed by atoms with van der Waals surface area (Å²) in [4.78, 5) is 23.9. The third-order valence-corrected chi connectivity index (χ3v) is 6.26. The Morgan fingerprint density at radius 2 is 2.06 bits per heavy atom. The molecular formula is C20H11Cl3N6OS. The van der Waals surface area contributed by atoms with E-state index in [0.29, 0.717) is 53.8 Å². The molecule has 4 aromatic rings. The molecule has 0 saturated carbocycles. The Balaban J connectivity index is 1.94. The van der Waals surface area contributed by atoms with Crippen molar-refractivity contribution in [1.82, 2.24) is 20.2 Å². The number of amides is 1. The highest BCUT2D eigenvalue weighted by Gasteiger charge is 2.25. The molecule has 0 aliphatic heterocycles. The molecule has 0 spiro atoms. The molecule has 4 rings (SSSR count). The topological polar surface area (TPSA) is 87.9 Å². The molecule has 0 atom stereocenters. The summed E-state index contributed by atoms with van der Waals surface area (Å²) in [6, 6.07) is 8.55. The summed E-state index contributed by atoms with van der Waals surface area (Å²) in [7, 11) is 0. The molecular weight excluding hydrogens is 479 g/mol. The molecule has 31 heavy (non-hydrogen) atoms. The van der Waals surface area contributed by atoms with E-state index in [-0.39, 0.29) is 11.8 Å². The van der Waals surface area contributed by atoms with Gasteiger partial charge in [0.1, 0.15) is 18.0 Å². The van der Waals surface area contributed by atoms with Gasteiger partial charge in [-0.25, -0.2) is 9.83 Å². The fourth-order valence-corrected chi connectivity index (χ4v) is 4.73. The van der Waals surface area contributed by atoms with Crippen molar-refractivity contribution in [2.24, 2.45) is 0 Å². The van der Waals surface area contributed by atoms with Gasteiger partial charge >= 0.3 is 0 Å². The Labute approximate surface area is 195 Å². The maximum atomic E-state index is 11.6. The molecule has 0 bridgehead atoms. The van der Waals surface area contributed by atoms with Gasteiger partial charge in [-0.2, -0.15) is 0 Å². The lowest BCUT2D eigenvalue weighted by Crippen LogP contribution is -2.13. The average molecular weight is 490 g/mol. The molecule has 0 radical (unpaired) electrons. The van der Waals surface area contributed by atoms with Crippen LogP contribution in [0.15, 0.2) is 42.9 Å². The molecule has 3 heterocycles. The number of rotatable bonds is 5. The van der Waals surface area contributed by atoms with Gasteiger partial charge in [0.05, 0.1) is 11.4 Å². The van der Waals surface area contributed by atoms with E-state index in [2.05, 4.69) is 30.3 Å². The molecule has 0 aliphatic rings. The van der Waals surface area contributed by atoms with Gasteiger partial charge in [-0.15, -0.1) is 33.1 Å². The second-order valence-electron chi connectivity index (χ2n) is 6.17. The Hall–Kier alpha value is -2.96. The summed E-state index contributed by atoms with van der Waals surface area (Å²) in [5.41, 5.74) is 2.36. The minimum absolute atomic E-state index is 0.187. The van der Waals surface area contributed by atoms with Crippen LogP contribution < -0.4 is 5.32 Å². The van der Waals surface area contributed by atoms with E-state index in [4.69, 9.17) is 41.4 Å². The minimum Gasteiger partial charge on any atom is -0.327 e. The van der Waals surface area contributed by atoms with E-state index in [0.717, 1.165) is 0 Å². The molecule has 0 saturated heterocycles. The van der Waals surface area contributed by atoms with Crippen LogP contribution in [0.3, 0.4) is 0 Å². The number of aromatic amines is 1. The standard InChI is InChI=1S/C20H11Cl3N6OS/c1-24-17-16(12-3-2-11(22)7-13(12)23)19(20-26-9-27-29-20)31-18(17)10-4-5-25-14(6-10)28-15(30)8-21/h2-7,9H,8H2,(H,25,28,30)(H,26,27,29). The molecule has 2 N–H and O–H groups in total. The fourth-order valence-electron chi connectivity index (χ4n) is 2.97. The van der Waals surface area contributed by atoms with Crippen LogP contribution in [0.25, 0.3) is 37.1 Å². The van der Waals surface area contributed by atoms with Crippen LogP contribution in [-0.4, -0.2) is 32.0 Å². The van der Waals surface area contributed by atoms with Crippen LogP contribution in [0.1, 0.15) is 0 Å². The minimum atomic E-state index is -0.376. The quantitative estimate of drug-likeness (QED) is 0.254. The second kappa shape index (κ2) is 9.04. The highest BCUT2D eigenvalue weighted by Crippen LogP contribution is 2.53. The van der Waals surface area contributed by atoms with Crippen molar-refractivity contribution in [3.8, 4) is 32.3 Å². The van der Waals surface area contributed by atoms with Crippen LogP contribution in [0.5, 0.6) is 0 Å². The van der Waals surface area contributed by atoms with E-state index in [1.54, 1.807) is 36.5 Å². The maximum Gasteiger partial charge on any atom is 0.240 e. The lowest BCUT2D eigenvalue weighted by Gasteiger charge is -2.07. The number of aromatic nitrogens is 4. The monoisotopic (exact) mass is 488 g/mol. The molecule has 0 fully saturated rings. The number of carbonyl (C=O) groups is 1. The number of H-pyrrole nitrogens is 1. The number of benzene rings is 1. The molecule has 1 amide bonds. The number of hydrogen-bond donors (Lipinski definition) is 2. The Kier molecular flexibility index (Phi) is 6.20. The van der Waals surface area contributed by atoms with Gasteiger partial charge in [0.25, 0.3) is 0 Å². The Morgan fingerprint density at radius 1 is 1.23 bits per heavy atom. The number of carbonyl (C=O) groups excluding carboxylic acids is 1. The molecule has 7 nitrogen and oxygen atoms in total.